The predicted molar refractivity (Wildman–Crippen MR) is 105 cm³/mol. The first-order valence-electron chi connectivity index (χ1n) is 7.60. The van der Waals surface area contributed by atoms with Gasteiger partial charge in [-0.15, -0.1) is 0 Å². The molecule has 8 heteroatoms. The van der Waals surface area contributed by atoms with Gasteiger partial charge in [0.2, 0.25) is 0 Å². The fourth-order valence-electron chi connectivity index (χ4n) is 2.04. The predicted octanol–water partition coefficient (Wildman–Crippen LogP) is 3.64. The molecule has 0 amide bonds. The van der Waals surface area contributed by atoms with E-state index in [2.05, 4.69) is 32.4 Å². The first-order chi connectivity index (χ1) is 12.4. The Bertz CT molecular complexity index is 910. The Morgan fingerprint density at radius 2 is 1.96 bits per heavy atom. The molecule has 0 atom stereocenters. The van der Waals surface area contributed by atoms with Crippen molar-refractivity contribution in [2.24, 2.45) is 5.10 Å². The van der Waals surface area contributed by atoms with E-state index in [1.165, 1.54) is 25.5 Å². The van der Waals surface area contributed by atoms with E-state index in [1.807, 2.05) is 6.92 Å². The van der Waals surface area contributed by atoms with Gasteiger partial charge in [0, 0.05) is 0 Å². The Hall–Kier alpha value is -2.32. The second-order valence-electron chi connectivity index (χ2n) is 5.30. The van der Waals surface area contributed by atoms with Crippen LogP contribution in [0.5, 0.6) is 11.5 Å². The number of hydrazone groups is 1. The minimum Gasteiger partial charge on any atom is -0.493 e. The van der Waals surface area contributed by atoms with Crippen LogP contribution in [0.15, 0.2) is 63.5 Å². The summed E-state index contributed by atoms with van der Waals surface area (Å²) in [7, 11) is -2.20. The summed E-state index contributed by atoms with van der Waals surface area (Å²) in [6.07, 6.45) is 3.01. The number of methoxy groups -OCH3 is 1. The number of rotatable bonds is 8. The number of halogens is 1. The van der Waals surface area contributed by atoms with Crippen LogP contribution in [-0.4, -0.2) is 28.3 Å². The third-order valence-corrected chi connectivity index (χ3v) is 5.14. The fourth-order valence-corrected chi connectivity index (χ4v) is 3.40. The Balaban J connectivity index is 2.18. The third-order valence-electron chi connectivity index (χ3n) is 3.32. The van der Waals surface area contributed by atoms with Gasteiger partial charge in [-0.05, 0) is 52.7 Å². The second-order valence-corrected chi connectivity index (χ2v) is 7.81. The number of benzene rings is 2. The smallest absolute Gasteiger partial charge is 0.276 e. The highest BCUT2D eigenvalue weighted by atomic mass is 79.9. The van der Waals surface area contributed by atoms with Crippen LogP contribution in [0.4, 0.5) is 0 Å². The number of hydrogen-bond donors (Lipinski definition) is 1. The molecule has 1 N–H and O–H groups in total. The monoisotopic (exact) mass is 438 g/mol. The highest BCUT2D eigenvalue weighted by Crippen LogP contribution is 2.36. The van der Waals surface area contributed by atoms with Gasteiger partial charge in [0.15, 0.2) is 11.5 Å². The lowest BCUT2D eigenvalue weighted by atomic mass is 10.2. The van der Waals surface area contributed by atoms with E-state index in [0.29, 0.717) is 28.1 Å². The van der Waals surface area contributed by atoms with Gasteiger partial charge in [0.05, 0.1) is 22.7 Å². The number of aryl methyl sites for hydroxylation is 1. The Kier molecular flexibility index (Phi) is 6.82. The lowest BCUT2D eigenvalue weighted by Crippen LogP contribution is -2.18. The molecule has 0 unspecified atom stereocenters. The summed E-state index contributed by atoms with van der Waals surface area (Å²) in [5.74, 6) is 1.02. The molecule has 2 aromatic rings. The van der Waals surface area contributed by atoms with Gasteiger partial charge >= 0.3 is 0 Å². The van der Waals surface area contributed by atoms with E-state index in [9.17, 15) is 8.42 Å². The Labute approximate surface area is 161 Å². The molecule has 0 bridgehead atoms. The first kappa shape index (κ1) is 20.0. The SMILES string of the molecule is C=CCOc1c(Br)cc(C=NNS(=O)(=O)c2ccc(C)cc2)cc1OC. The molecule has 0 aromatic heterocycles. The van der Waals surface area contributed by atoms with Gasteiger partial charge < -0.3 is 9.47 Å². The van der Waals surface area contributed by atoms with Gasteiger partial charge in [-0.2, -0.15) is 13.5 Å². The molecule has 0 aliphatic carbocycles. The van der Waals surface area contributed by atoms with E-state index >= 15 is 0 Å². The number of ether oxygens (including phenoxy) is 2. The topological polar surface area (TPSA) is 77.0 Å². The van der Waals surface area contributed by atoms with Gasteiger partial charge in [-0.1, -0.05) is 30.4 Å². The fraction of sp³-hybridized carbons (Fsp3) is 0.167. The van der Waals surface area contributed by atoms with Crippen LogP contribution < -0.4 is 14.3 Å². The first-order valence-corrected chi connectivity index (χ1v) is 9.87. The van der Waals surface area contributed by atoms with Crippen molar-refractivity contribution in [3.63, 3.8) is 0 Å². The van der Waals surface area contributed by atoms with E-state index in [0.717, 1.165) is 5.56 Å². The molecule has 0 heterocycles. The maximum Gasteiger partial charge on any atom is 0.276 e. The highest BCUT2D eigenvalue weighted by molar-refractivity contribution is 9.10. The van der Waals surface area contributed by atoms with Crippen LogP contribution in [-0.2, 0) is 10.0 Å². The average Bonchev–Trinajstić information content (AvgIpc) is 2.60. The minimum atomic E-state index is -3.72. The van der Waals surface area contributed by atoms with E-state index in [1.54, 1.807) is 30.3 Å². The summed E-state index contributed by atoms with van der Waals surface area (Å²) in [4.78, 5) is 2.34. The second kappa shape index (κ2) is 8.86. The molecule has 2 rings (SSSR count). The molecule has 0 saturated carbocycles. The van der Waals surface area contributed by atoms with E-state index in [4.69, 9.17) is 9.47 Å². The van der Waals surface area contributed by atoms with E-state index in [-0.39, 0.29) is 4.90 Å². The van der Waals surface area contributed by atoms with Crippen LogP contribution in [0.2, 0.25) is 0 Å². The van der Waals surface area contributed by atoms with Crippen molar-refractivity contribution in [3.05, 3.63) is 64.7 Å². The number of sulfonamides is 1. The van der Waals surface area contributed by atoms with Crippen molar-refractivity contribution in [2.75, 3.05) is 13.7 Å². The van der Waals surface area contributed by atoms with Crippen molar-refractivity contribution < 1.29 is 17.9 Å². The summed E-state index contributed by atoms with van der Waals surface area (Å²) in [5.41, 5.74) is 1.61. The molecule has 0 aliphatic rings. The summed E-state index contributed by atoms with van der Waals surface area (Å²) < 4.78 is 35.9. The van der Waals surface area contributed by atoms with Crippen LogP contribution in [0.3, 0.4) is 0 Å². The normalized spacial score (nSPS) is 11.3. The molecule has 0 aliphatic heterocycles. The lowest BCUT2D eigenvalue weighted by Gasteiger charge is -2.12. The van der Waals surface area contributed by atoms with Gasteiger partial charge in [0.1, 0.15) is 6.61 Å². The zero-order chi connectivity index (χ0) is 19.2. The van der Waals surface area contributed by atoms with Gasteiger partial charge in [-0.25, -0.2) is 4.83 Å². The van der Waals surface area contributed by atoms with E-state index < -0.39 is 10.0 Å². The number of hydrogen-bond acceptors (Lipinski definition) is 5. The summed E-state index contributed by atoms with van der Waals surface area (Å²) in [5, 5.41) is 3.82. The Morgan fingerprint density at radius 1 is 1.27 bits per heavy atom. The zero-order valence-corrected chi connectivity index (χ0v) is 16.8. The molecule has 6 nitrogen and oxygen atoms in total. The maximum absolute atomic E-state index is 12.2. The molecular formula is C18H19BrN2O4S. The van der Waals surface area contributed by atoms with Crippen molar-refractivity contribution in [2.45, 2.75) is 11.8 Å². The summed E-state index contributed by atoms with van der Waals surface area (Å²) >= 11 is 3.40. The van der Waals surface area contributed by atoms with Crippen molar-refractivity contribution in [3.8, 4) is 11.5 Å². The minimum absolute atomic E-state index is 0.146. The van der Waals surface area contributed by atoms with Crippen LogP contribution >= 0.6 is 15.9 Å². The van der Waals surface area contributed by atoms with Crippen molar-refractivity contribution >= 4 is 32.2 Å². The average molecular weight is 439 g/mol. The van der Waals surface area contributed by atoms with Crippen molar-refractivity contribution in [1.82, 2.24) is 4.83 Å². The highest BCUT2D eigenvalue weighted by Gasteiger charge is 2.13. The van der Waals surface area contributed by atoms with Gasteiger partial charge in [-0.3, -0.25) is 0 Å². The van der Waals surface area contributed by atoms with Crippen LogP contribution in [0, 0.1) is 6.92 Å². The molecule has 0 fully saturated rings. The Morgan fingerprint density at radius 3 is 2.58 bits per heavy atom. The molecule has 138 valence electrons. The quantitative estimate of drug-likeness (QED) is 0.387. The van der Waals surface area contributed by atoms with Gasteiger partial charge in [0.25, 0.3) is 10.0 Å². The molecule has 26 heavy (non-hydrogen) atoms. The maximum atomic E-state index is 12.2. The zero-order valence-electron chi connectivity index (χ0n) is 14.4. The lowest BCUT2D eigenvalue weighted by molar-refractivity contribution is 0.324. The van der Waals surface area contributed by atoms with Crippen LogP contribution in [0.1, 0.15) is 11.1 Å². The summed E-state index contributed by atoms with van der Waals surface area (Å²) in [6, 6.07) is 9.93. The van der Waals surface area contributed by atoms with Crippen molar-refractivity contribution in [1.29, 1.82) is 0 Å². The molecular weight excluding hydrogens is 420 g/mol. The molecule has 0 radical (unpaired) electrons. The molecule has 0 saturated heterocycles. The number of nitrogens with zero attached hydrogens (tertiary/aromatic N) is 1. The molecule has 2 aromatic carbocycles. The van der Waals surface area contributed by atoms with Crippen LogP contribution in [0.25, 0.3) is 0 Å². The largest absolute Gasteiger partial charge is 0.493 e. The standard InChI is InChI=1S/C18H19BrN2O4S/c1-4-9-25-18-16(19)10-14(11-17(18)24-3)12-20-21-26(22,23)15-7-5-13(2)6-8-15/h4-8,10-12,21H,1,9H2,2-3H3. The number of nitrogens with one attached hydrogen (secondary N) is 1. The summed E-state index contributed by atoms with van der Waals surface area (Å²) in [6.45, 7) is 5.82. The molecule has 0 spiro atoms. The third kappa shape index (κ3) is 5.09.